The number of carbonyl (C=O) groups is 2. The number of amides is 2. The number of hydrogen-bond donors (Lipinski definition) is 1. The number of nitriles is 1. The monoisotopic (exact) mass is 424 g/mol. The molecule has 0 radical (unpaired) electrons. The van der Waals surface area contributed by atoms with Crippen LogP contribution in [0.1, 0.15) is 57.9 Å². The van der Waals surface area contributed by atoms with E-state index >= 15 is 0 Å². The Morgan fingerprint density at radius 1 is 1.19 bits per heavy atom. The van der Waals surface area contributed by atoms with Gasteiger partial charge in [0.1, 0.15) is 6.54 Å². The van der Waals surface area contributed by atoms with Gasteiger partial charge in [0.2, 0.25) is 11.8 Å². The lowest BCUT2D eigenvalue weighted by Crippen LogP contribution is -2.47. The lowest BCUT2D eigenvalue weighted by molar-refractivity contribution is -0.132. The molecule has 1 aliphatic heterocycles. The molecule has 168 valence electrons. The lowest BCUT2D eigenvalue weighted by Gasteiger charge is -2.49. The second-order valence-electron chi connectivity index (χ2n) is 10.3. The number of rotatable bonds is 7. The predicted molar refractivity (Wildman–Crippen MR) is 121 cm³/mol. The van der Waals surface area contributed by atoms with Gasteiger partial charge in [-0.2, -0.15) is 5.26 Å². The van der Waals surface area contributed by atoms with Gasteiger partial charge >= 0.3 is 0 Å². The Morgan fingerprint density at radius 3 is 2.42 bits per heavy atom. The van der Waals surface area contributed by atoms with Gasteiger partial charge in [0.05, 0.1) is 6.07 Å². The number of benzene rings is 1. The van der Waals surface area contributed by atoms with Crippen LogP contribution in [0.2, 0.25) is 0 Å². The van der Waals surface area contributed by atoms with Crippen LogP contribution in [0.5, 0.6) is 0 Å². The molecule has 2 aliphatic rings. The number of likely N-dealkylation sites (tertiary alicyclic amines) is 1. The molecule has 31 heavy (non-hydrogen) atoms. The summed E-state index contributed by atoms with van der Waals surface area (Å²) in [5.41, 5.74) is 0.844. The molecule has 6 heteroatoms. The molecular weight excluding hydrogens is 388 g/mol. The molecule has 1 saturated carbocycles. The zero-order valence-electron chi connectivity index (χ0n) is 19.4. The molecule has 0 aromatic heterocycles. The van der Waals surface area contributed by atoms with Gasteiger partial charge in [0.15, 0.2) is 0 Å². The topological polar surface area (TPSA) is 76.4 Å². The number of nitrogens with one attached hydrogen (secondary N) is 1. The highest BCUT2D eigenvalue weighted by atomic mass is 16.2. The maximum atomic E-state index is 12.8. The summed E-state index contributed by atoms with van der Waals surface area (Å²) in [4.78, 5) is 29.5. The minimum absolute atomic E-state index is 0.0169. The molecule has 1 aliphatic carbocycles. The summed E-state index contributed by atoms with van der Waals surface area (Å²) in [5.74, 6) is 0.0806. The number of carbonyl (C=O) groups excluding carboxylic acids is 2. The van der Waals surface area contributed by atoms with Crippen LogP contribution >= 0.6 is 0 Å². The highest BCUT2D eigenvalue weighted by molar-refractivity contribution is 5.82. The molecule has 1 spiro atoms. The van der Waals surface area contributed by atoms with Crippen molar-refractivity contribution >= 4 is 11.8 Å². The number of nitrogens with zero attached hydrogens (tertiary/aromatic N) is 3. The van der Waals surface area contributed by atoms with Crippen LogP contribution in [-0.4, -0.2) is 55.3 Å². The van der Waals surface area contributed by atoms with E-state index in [9.17, 15) is 9.59 Å². The van der Waals surface area contributed by atoms with E-state index in [2.05, 4.69) is 54.6 Å². The SMILES string of the molecule is CN(C)[C@]1(c2ccccc2)CC[C@@]2(CC1)CC(=O)N(CCC(C)(C)C(=O)NCC#N)C2. The van der Waals surface area contributed by atoms with Crippen LogP contribution in [0, 0.1) is 22.2 Å². The van der Waals surface area contributed by atoms with Crippen LogP contribution in [0.4, 0.5) is 0 Å². The third-order valence-corrected chi connectivity index (χ3v) is 7.66. The molecule has 0 unspecified atom stereocenters. The van der Waals surface area contributed by atoms with Crippen molar-refractivity contribution in [2.45, 2.75) is 57.9 Å². The molecule has 1 aromatic carbocycles. The van der Waals surface area contributed by atoms with Gasteiger partial charge in [0, 0.05) is 30.5 Å². The first-order valence-corrected chi connectivity index (χ1v) is 11.3. The Hall–Kier alpha value is -2.39. The predicted octanol–water partition coefficient (Wildman–Crippen LogP) is 3.29. The van der Waals surface area contributed by atoms with Crippen LogP contribution in [0.15, 0.2) is 30.3 Å². The summed E-state index contributed by atoms with van der Waals surface area (Å²) in [6, 6.07) is 12.7. The average molecular weight is 425 g/mol. The fourth-order valence-corrected chi connectivity index (χ4v) is 5.34. The van der Waals surface area contributed by atoms with Crippen LogP contribution in [0.3, 0.4) is 0 Å². The second-order valence-corrected chi connectivity index (χ2v) is 10.3. The largest absolute Gasteiger partial charge is 0.343 e. The van der Waals surface area contributed by atoms with E-state index < -0.39 is 5.41 Å². The van der Waals surface area contributed by atoms with Crippen molar-refractivity contribution in [3.63, 3.8) is 0 Å². The zero-order valence-corrected chi connectivity index (χ0v) is 19.4. The van der Waals surface area contributed by atoms with Gasteiger partial charge in [-0.25, -0.2) is 0 Å². The Labute approximate surface area is 186 Å². The van der Waals surface area contributed by atoms with E-state index in [-0.39, 0.29) is 29.3 Å². The molecule has 0 bridgehead atoms. The van der Waals surface area contributed by atoms with Crippen molar-refractivity contribution < 1.29 is 9.59 Å². The van der Waals surface area contributed by atoms with Crippen LogP contribution in [0.25, 0.3) is 0 Å². The smallest absolute Gasteiger partial charge is 0.226 e. The average Bonchev–Trinajstić information content (AvgIpc) is 3.06. The zero-order chi connectivity index (χ0) is 22.7. The molecule has 1 saturated heterocycles. The molecule has 1 N–H and O–H groups in total. The molecular formula is C25H36N4O2. The Balaban J connectivity index is 1.63. The Bertz CT molecular complexity index is 833. The fraction of sp³-hybridized carbons (Fsp3) is 0.640. The molecule has 1 aromatic rings. The third-order valence-electron chi connectivity index (χ3n) is 7.66. The maximum Gasteiger partial charge on any atom is 0.226 e. The summed E-state index contributed by atoms with van der Waals surface area (Å²) >= 11 is 0. The van der Waals surface area contributed by atoms with Crippen molar-refractivity contribution in [3.05, 3.63) is 35.9 Å². The van der Waals surface area contributed by atoms with E-state index in [1.54, 1.807) is 0 Å². The van der Waals surface area contributed by atoms with Gasteiger partial charge in [-0.15, -0.1) is 0 Å². The van der Waals surface area contributed by atoms with Gasteiger partial charge in [0.25, 0.3) is 0 Å². The molecule has 3 rings (SSSR count). The first-order chi connectivity index (χ1) is 14.6. The summed E-state index contributed by atoms with van der Waals surface area (Å²) in [6.45, 7) is 5.15. The first kappa shape index (κ1) is 23.3. The minimum atomic E-state index is -0.604. The van der Waals surface area contributed by atoms with Gasteiger partial charge in [-0.1, -0.05) is 44.2 Å². The van der Waals surface area contributed by atoms with Gasteiger partial charge < -0.3 is 10.2 Å². The molecule has 1 heterocycles. The lowest BCUT2D eigenvalue weighted by atomic mass is 9.64. The Kier molecular flexibility index (Phi) is 6.76. The number of hydrogen-bond acceptors (Lipinski definition) is 4. The summed E-state index contributed by atoms with van der Waals surface area (Å²) in [5, 5.41) is 11.3. The normalized spacial score (nSPS) is 26.3. The molecule has 6 nitrogen and oxygen atoms in total. The van der Waals surface area contributed by atoms with Crippen molar-refractivity contribution in [2.75, 3.05) is 33.7 Å². The second kappa shape index (κ2) is 9.00. The molecule has 2 amide bonds. The van der Waals surface area contributed by atoms with Crippen molar-refractivity contribution in [1.29, 1.82) is 5.26 Å². The maximum absolute atomic E-state index is 12.8. The van der Waals surface area contributed by atoms with E-state index in [1.165, 1.54) is 5.56 Å². The molecule has 0 atom stereocenters. The highest BCUT2D eigenvalue weighted by Crippen LogP contribution is 2.52. The van der Waals surface area contributed by atoms with E-state index in [0.717, 1.165) is 32.2 Å². The van der Waals surface area contributed by atoms with Crippen LogP contribution in [-0.2, 0) is 15.1 Å². The Morgan fingerprint density at radius 2 is 1.84 bits per heavy atom. The summed E-state index contributed by atoms with van der Waals surface area (Å²) in [6.07, 6.45) is 5.38. The van der Waals surface area contributed by atoms with Gasteiger partial charge in [-0.05, 0) is 57.2 Å². The quantitative estimate of drug-likeness (QED) is 0.682. The van der Waals surface area contributed by atoms with E-state index in [0.29, 0.717) is 19.4 Å². The minimum Gasteiger partial charge on any atom is -0.343 e. The highest BCUT2D eigenvalue weighted by Gasteiger charge is 2.50. The van der Waals surface area contributed by atoms with Gasteiger partial charge in [-0.3, -0.25) is 14.5 Å². The third kappa shape index (κ3) is 4.77. The van der Waals surface area contributed by atoms with Crippen molar-refractivity contribution in [2.24, 2.45) is 10.8 Å². The summed E-state index contributed by atoms with van der Waals surface area (Å²) < 4.78 is 0. The van der Waals surface area contributed by atoms with Crippen LogP contribution < -0.4 is 5.32 Å². The molecule has 2 fully saturated rings. The fourth-order valence-electron chi connectivity index (χ4n) is 5.34. The van der Waals surface area contributed by atoms with E-state index in [1.807, 2.05) is 24.8 Å². The summed E-state index contributed by atoms with van der Waals surface area (Å²) in [7, 11) is 4.33. The standard InChI is InChI=1S/C25H36N4O2/c1-23(2,22(31)27-16-15-26)14-17-29-19-24(18-21(29)30)10-12-25(13-11-24,28(3)4)20-8-6-5-7-9-20/h5-9H,10-14,16-19H2,1-4H3,(H,27,31)/t24-,25-. The first-order valence-electron chi connectivity index (χ1n) is 11.3. The van der Waals surface area contributed by atoms with E-state index in [4.69, 9.17) is 5.26 Å². The van der Waals surface area contributed by atoms with Crippen molar-refractivity contribution in [3.8, 4) is 6.07 Å². The van der Waals surface area contributed by atoms with Crippen molar-refractivity contribution in [1.82, 2.24) is 15.1 Å².